The highest BCUT2D eigenvalue weighted by atomic mass is 32.1. The SMILES string of the molecule is CC(OC(=O)c1cc2ccccc2s1)C(=O)Nc1cccc([N+](=O)[O-])c1. The van der Waals surface area contributed by atoms with Gasteiger partial charge in [-0.25, -0.2) is 4.79 Å². The molecule has 1 atom stereocenters. The van der Waals surface area contributed by atoms with Crippen molar-refractivity contribution in [3.05, 3.63) is 69.6 Å². The lowest BCUT2D eigenvalue weighted by Crippen LogP contribution is -2.29. The van der Waals surface area contributed by atoms with Crippen LogP contribution in [0.15, 0.2) is 54.6 Å². The number of hydrogen-bond acceptors (Lipinski definition) is 6. The Morgan fingerprint density at radius 3 is 2.65 bits per heavy atom. The van der Waals surface area contributed by atoms with Crippen molar-refractivity contribution >= 4 is 44.7 Å². The number of nitrogens with one attached hydrogen (secondary N) is 1. The fourth-order valence-corrected chi connectivity index (χ4v) is 3.24. The van der Waals surface area contributed by atoms with Gasteiger partial charge < -0.3 is 10.1 Å². The molecule has 0 aliphatic heterocycles. The molecule has 7 nitrogen and oxygen atoms in total. The standard InChI is InChI=1S/C18H14N2O5S/c1-11(17(21)19-13-6-4-7-14(10-13)20(23)24)25-18(22)16-9-12-5-2-3-8-15(12)26-16/h2-11H,1H3,(H,19,21). The number of ether oxygens (including phenoxy) is 1. The minimum Gasteiger partial charge on any atom is -0.448 e. The van der Waals surface area contributed by atoms with Gasteiger partial charge in [-0.15, -0.1) is 11.3 Å². The number of nitro benzene ring substituents is 1. The molecule has 2 aromatic carbocycles. The Hall–Kier alpha value is -3.26. The summed E-state index contributed by atoms with van der Waals surface area (Å²) in [6.07, 6.45) is -1.05. The number of hydrogen-bond donors (Lipinski definition) is 1. The molecule has 0 radical (unpaired) electrons. The molecule has 8 heteroatoms. The van der Waals surface area contributed by atoms with Crippen LogP contribution in [0.3, 0.4) is 0 Å². The quantitative estimate of drug-likeness (QED) is 0.416. The van der Waals surface area contributed by atoms with E-state index in [1.165, 1.54) is 42.5 Å². The molecule has 26 heavy (non-hydrogen) atoms. The normalized spacial score (nSPS) is 11.7. The van der Waals surface area contributed by atoms with E-state index >= 15 is 0 Å². The average Bonchev–Trinajstić information content (AvgIpc) is 3.06. The van der Waals surface area contributed by atoms with Crippen LogP contribution in [0.2, 0.25) is 0 Å². The topological polar surface area (TPSA) is 98.5 Å². The molecule has 132 valence electrons. The van der Waals surface area contributed by atoms with Gasteiger partial charge >= 0.3 is 5.97 Å². The Morgan fingerprint density at radius 1 is 1.15 bits per heavy atom. The molecular weight excluding hydrogens is 356 g/mol. The van der Waals surface area contributed by atoms with Crippen LogP contribution in [0.1, 0.15) is 16.6 Å². The number of nitro groups is 1. The highest BCUT2D eigenvalue weighted by Gasteiger charge is 2.21. The zero-order valence-electron chi connectivity index (χ0n) is 13.7. The van der Waals surface area contributed by atoms with Gasteiger partial charge in [-0.3, -0.25) is 14.9 Å². The Morgan fingerprint density at radius 2 is 1.92 bits per heavy atom. The highest BCUT2D eigenvalue weighted by Crippen LogP contribution is 2.26. The van der Waals surface area contributed by atoms with Gasteiger partial charge in [-0.05, 0) is 30.5 Å². The number of benzene rings is 2. The number of carbonyl (C=O) groups is 2. The summed E-state index contributed by atoms with van der Waals surface area (Å²) in [5, 5.41) is 14.2. The van der Waals surface area contributed by atoms with Crippen LogP contribution in [-0.4, -0.2) is 22.9 Å². The molecule has 1 aromatic heterocycles. The molecule has 3 aromatic rings. The first-order valence-electron chi connectivity index (χ1n) is 7.69. The predicted octanol–water partition coefficient (Wildman–Crippen LogP) is 3.99. The number of fused-ring (bicyclic) bond motifs is 1. The van der Waals surface area contributed by atoms with Crippen LogP contribution in [0.5, 0.6) is 0 Å². The zero-order valence-corrected chi connectivity index (χ0v) is 14.5. The van der Waals surface area contributed by atoms with Crippen molar-refractivity contribution in [1.82, 2.24) is 0 Å². The molecule has 3 rings (SSSR count). The molecule has 0 spiro atoms. The van der Waals surface area contributed by atoms with E-state index in [0.29, 0.717) is 4.88 Å². The van der Waals surface area contributed by atoms with E-state index < -0.39 is 22.9 Å². The lowest BCUT2D eigenvalue weighted by Gasteiger charge is -2.12. The van der Waals surface area contributed by atoms with Crippen LogP contribution in [-0.2, 0) is 9.53 Å². The Labute approximate surface area is 152 Å². The number of rotatable bonds is 5. The largest absolute Gasteiger partial charge is 0.448 e. The van der Waals surface area contributed by atoms with E-state index in [4.69, 9.17) is 4.74 Å². The Bertz CT molecular complexity index is 965. The third kappa shape index (κ3) is 3.86. The average molecular weight is 370 g/mol. The minimum atomic E-state index is -1.05. The summed E-state index contributed by atoms with van der Waals surface area (Å²) in [4.78, 5) is 35.0. The second-order valence-corrected chi connectivity index (χ2v) is 6.58. The van der Waals surface area contributed by atoms with Crippen LogP contribution >= 0.6 is 11.3 Å². The smallest absolute Gasteiger partial charge is 0.349 e. The Balaban J connectivity index is 1.66. The van der Waals surface area contributed by atoms with E-state index in [1.54, 1.807) is 6.07 Å². The number of carbonyl (C=O) groups excluding carboxylic acids is 2. The molecule has 0 aliphatic carbocycles. The minimum absolute atomic E-state index is 0.141. The Kier molecular flexibility index (Phi) is 4.94. The van der Waals surface area contributed by atoms with Gasteiger partial charge in [-0.2, -0.15) is 0 Å². The fraction of sp³-hybridized carbons (Fsp3) is 0.111. The third-order valence-electron chi connectivity index (χ3n) is 3.60. The molecule has 0 saturated heterocycles. The van der Waals surface area contributed by atoms with Crippen LogP contribution in [0, 0.1) is 10.1 Å². The van der Waals surface area contributed by atoms with Gasteiger partial charge in [0.25, 0.3) is 11.6 Å². The van der Waals surface area contributed by atoms with Crippen LogP contribution < -0.4 is 5.32 Å². The number of anilines is 1. The second kappa shape index (κ2) is 7.32. The van der Waals surface area contributed by atoms with Crippen molar-refractivity contribution in [3.63, 3.8) is 0 Å². The molecule has 0 saturated carbocycles. The number of esters is 1. The zero-order chi connectivity index (χ0) is 18.7. The maximum absolute atomic E-state index is 12.2. The maximum Gasteiger partial charge on any atom is 0.349 e. The summed E-state index contributed by atoms with van der Waals surface area (Å²) in [7, 11) is 0. The van der Waals surface area contributed by atoms with Gasteiger partial charge in [0, 0.05) is 22.5 Å². The molecule has 1 unspecified atom stereocenters. The van der Waals surface area contributed by atoms with E-state index in [1.807, 2.05) is 24.3 Å². The van der Waals surface area contributed by atoms with Crippen LogP contribution in [0.25, 0.3) is 10.1 Å². The molecule has 1 amide bonds. The maximum atomic E-state index is 12.2. The summed E-state index contributed by atoms with van der Waals surface area (Å²) in [5.41, 5.74) is 0.117. The number of nitrogens with zero attached hydrogens (tertiary/aromatic N) is 1. The third-order valence-corrected chi connectivity index (χ3v) is 4.70. The first-order valence-corrected chi connectivity index (χ1v) is 8.50. The van der Waals surface area contributed by atoms with Crippen molar-refractivity contribution < 1.29 is 19.2 Å². The van der Waals surface area contributed by atoms with Crippen LogP contribution in [0.4, 0.5) is 11.4 Å². The molecule has 1 N–H and O–H groups in total. The summed E-state index contributed by atoms with van der Waals surface area (Å²) >= 11 is 1.29. The van der Waals surface area contributed by atoms with E-state index in [0.717, 1.165) is 10.1 Å². The van der Waals surface area contributed by atoms with Crippen molar-refractivity contribution in [2.24, 2.45) is 0 Å². The monoisotopic (exact) mass is 370 g/mol. The molecule has 0 bridgehead atoms. The van der Waals surface area contributed by atoms with Gasteiger partial charge in [0.15, 0.2) is 6.10 Å². The molecule has 0 aliphatic rings. The first-order chi connectivity index (χ1) is 12.4. The summed E-state index contributed by atoms with van der Waals surface area (Å²) in [5.74, 6) is -1.16. The van der Waals surface area contributed by atoms with Gasteiger partial charge in [0.05, 0.1) is 4.92 Å². The number of amides is 1. The molecule has 1 heterocycles. The van der Waals surface area contributed by atoms with Crippen molar-refractivity contribution in [2.45, 2.75) is 13.0 Å². The van der Waals surface area contributed by atoms with E-state index in [2.05, 4.69) is 5.32 Å². The number of non-ortho nitro benzene ring substituents is 1. The second-order valence-electron chi connectivity index (χ2n) is 5.49. The van der Waals surface area contributed by atoms with Crippen molar-refractivity contribution in [3.8, 4) is 0 Å². The fourth-order valence-electron chi connectivity index (χ4n) is 2.30. The lowest BCUT2D eigenvalue weighted by atomic mass is 10.2. The summed E-state index contributed by atoms with van der Waals surface area (Å²) < 4.78 is 6.16. The highest BCUT2D eigenvalue weighted by molar-refractivity contribution is 7.20. The summed E-state index contributed by atoms with van der Waals surface area (Å²) in [6, 6.07) is 14.8. The van der Waals surface area contributed by atoms with Gasteiger partial charge in [0.1, 0.15) is 4.88 Å². The molecular formula is C18H14N2O5S. The van der Waals surface area contributed by atoms with Gasteiger partial charge in [0.2, 0.25) is 0 Å². The van der Waals surface area contributed by atoms with E-state index in [9.17, 15) is 19.7 Å². The predicted molar refractivity (Wildman–Crippen MR) is 98.4 cm³/mol. The summed E-state index contributed by atoms with van der Waals surface area (Å²) in [6.45, 7) is 1.44. The van der Waals surface area contributed by atoms with E-state index in [-0.39, 0.29) is 11.4 Å². The van der Waals surface area contributed by atoms with Crippen molar-refractivity contribution in [2.75, 3.05) is 5.32 Å². The molecule has 0 fully saturated rings. The number of thiophene rings is 1. The lowest BCUT2D eigenvalue weighted by molar-refractivity contribution is -0.384. The first kappa shape index (κ1) is 17.6. The van der Waals surface area contributed by atoms with Gasteiger partial charge in [-0.1, -0.05) is 24.3 Å². The van der Waals surface area contributed by atoms with Crippen molar-refractivity contribution in [1.29, 1.82) is 0 Å².